The van der Waals surface area contributed by atoms with Gasteiger partial charge in [0.15, 0.2) is 6.10 Å². The summed E-state index contributed by atoms with van der Waals surface area (Å²) in [6, 6.07) is 1.52. The van der Waals surface area contributed by atoms with Crippen LogP contribution in [0.25, 0.3) is 0 Å². The van der Waals surface area contributed by atoms with E-state index in [1.54, 1.807) is 13.8 Å². The molecular formula is C12H18N2O5. The van der Waals surface area contributed by atoms with Crippen molar-refractivity contribution in [3.05, 3.63) is 6.07 Å². The monoisotopic (exact) mass is 270 g/mol. The predicted octanol–water partition coefficient (Wildman–Crippen LogP) is 1.21. The van der Waals surface area contributed by atoms with Crippen molar-refractivity contribution < 1.29 is 23.7 Å². The highest BCUT2D eigenvalue weighted by atomic mass is 16.6. The number of methoxy groups -OCH3 is 2. The minimum atomic E-state index is -0.753. The first-order valence-corrected chi connectivity index (χ1v) is 5.94. The summed E-state index contributed by atoms with van der Waals surface area (Å²) >= 11 is 0. The van der Waals surface area contributed by atoms with Crippen LogP contribution in [0.15, 0.2) is 6.07 Å². The zero-order chi connectivity index (χ0) is 14.3. The van der Waals surface area contributed by atoms with Crippen LogP contribution in [0.1, 0.15) is 20.3 Å². The van der Waals surface area contributed by atoms with Crippen molar-refractivity contribution in [3.8, 4) is 17.8 Å². The van der Waals surface area contributed by atoms with Crippen LogP contribution < -0.4 is 14.2 Å². The second-order valence-electron chi connectivity index (χ2n) is 3.50. The molecule has 7 nitrogen and oxygen atoms in total. The summed E-state index contributed by atoms with van der Waals surface area (Å²) in [6.45, 7) is 3.83. The van der Waals surface area contributed by atoms with Gasteiger partial charge in [-0.15, -0.1) is 0 Å². The summed E-state index contributed by atoms with van der Waals surface area (Å²) in [5, 5.41) is 0. The number of carbonyl (C=O) groups excluding carboxylic acids is 1. The fraction of sp³-hybridized carbons (Fsp3) is 0.583. The quantitative estimate of drug-likeness (QED) is 0.689. The molecule has 1 aromatic rings. The number of nitrogens with zero attached hydrogens (tertiary/aromatic N) is 2. The van der Waals surface area contributed by atoms with E-state index in [1.807, 2.05) is 0 Å². The lowest BCUT2D eigenvalue weighted by Gasteiger charge is -2.15. The largest absolute Gasteiger partial charge is 0.481 e. The van der Waals surface area contributed by atoms with Crippen LogP contribution >= 0.6 is 0 Å². The van der Waals surface area contributed by atoms with Crippen molar-refractivity contribution in [2.75, 3.05) is 20.8 Å². The maximum Gasteiger partial charge on any atom is 0.347 e. The van der Waals surface area contributed by atoms with Gasteiger partial charge in [-0.05, 0) is 13.3 Å². The maximum absolute atomic E-state index is 11.6. The fourth-order valence-electron chi connectivity index (χ4n) is 1.31. The Balaban J connectivity index is 2.86. The molecule has 0 aromatic carbocycles. The van der Waals surface area contributed by atoms with E-state index in [9.17, 15) is 4.79 Å². The van der Waals surface area contributed by atoms with E-state index in [0.29, 0.717) is 24.8 Å². The van der Waals surface area contributed by atoms with Crippen molar-refractivity contribution in [1.82, 2.24) is 9.97 Å². The molecular weight excluding hydrogens is 252 g/mol. The molecule has 1 heterocycles. The molecule has 19 heavy (non-hydrogen) atoms. The molecule has 0 aliphatic carbocycles. The van der Waals surface area contributed by atoms with Crippen molar-refractivity contribution in [1.29, 1.82) is 0 Å². The van der Waals surface area contributed by atoms with Gasteiger partial charge in [0.05, 0.1) is 26.9 Å². The van der Waals surface area contributed by atoms with Crippen LogP contribution in [0.4, 0.5) is 0 Å². The molecule has 1 rings (SSSR count). The summed E-state index contributed by atoms with van der Waals surface area (Å²) < 4.78 is 20.3. The summed E-state index contributed by atoms with van der Waals surface area (Å²) in [5.74, 6) is 0.136. The van der Waals surface area contributed by atoms with E-state index in [1.165, 1.54) is 20.3 Å². The van der Waals surface area contributed by atoms with Gasteiger partial charge in [0.1, 0.15) is 0 Å². The average molecular weight is 270 g/mol. The number of hydrogen-bond acceptors (Lipinski definition) is 7. The minimum Gasteiger partial charge on any atom is -0.481 e. The van der Waals surface area contributed by atoms with Gasteiger partial charge in [-0.25, -0.2) is 4.79 Å². The second kappa shape index (κ2) is 7.40. The Hall–Kier alpha value is -2.05. The fourth-order valence-corrected chi connectivity index (χ4v) is 1.31. The van der Waals surface area contributed by atoms with Crippen molar-refractivity contribution in [2.24, 2.45) is 0 Å². The molecule has 0 saturated carbocycles. The normalized spacial score (nSPS) is 11.6. The van der Waals surface area contributed by atoms with Crippen molar-refractivity contribution in [2.45, 2.75) is 26.4 Å². The van der Waals surface area contributed by atoms with Gasteiger partial charge in [-0.3, -0.25) is 0 Å². The van der Waals surface area contributed by atoms with Gasteiger partial charge in [-0.1, -0.05) is 6.92 Å². The van der Waals surface area contributed by atoms with Gasteiger partial charge in [-0.2, -0.15) is 9.97 Å². The molecule has 7 heteroatoms. The molecule has 0 amide bonds. The number of hydrogen-bond donors (Lipinski definition) is 0. The van der Waals surface area contributed by atoms with Crippen LogP contribution in [0.2, 0.25) is 0 Å². The first-order valence-electron chi connectivity index (χ1n) is 5.94. The average Bonchev–Trinajstić information content (AvgIpc) is 2.44. The lowest BCUT2D eigenvalue weighted by Crippen LogP contribution is -2.29. The highest BCUT2D eigenvalue weighted by Crippen LogP contribution is 2.20. The third-order valence-electron chi connectivity index (χ3n) is 2.24. The predicted molar refractivity (Wildman–Crippen MR) is 66.5 cm³/mol. The number of esters is 1. The number of ether oxygens (including phenoxy) is 4. The second-order valence-corrected chi connectivity index (χ2v) is 3.50. The molecule has 0 saturated heterocycles. The lowest BCUT2D eigenvalue weighted by atomic mass is 10.3. The molecule has 0 bridgehead atoms. The molecule has 0 radical (unpaired) electrons. The summed E-state index contributed by atoms with van der Waals surface area (Å²) in [6.07, 6.45) is -0.307. The molecule has 0 spiro atoms. The van der Waals surface area contributed by atoms with Gasteiger partial charge < -0.3 is 18.9 Å². The lowest BCUT2D eigenvalue weighted by molar-refractivity contribution is -0.151. The third-order valence-corrected chi connectivity index (χ3v) is 2.24. The van der Waals surface area contributed by atoms with Crippen LogP contribution in [0.3, 0.4) is 0 Å². The molecule has 1 aromatic heterocycles. The minimum absolute atomic E-state index is 0.0103. The van der Waals surface area contributed by atoms with Crippen molar-refractivity contribution >= 4 is 5.97 Å². The Bertz CT molecular complexity index is 402. The first kappa shape index (κ1) is 15.0. The zero-order valence-electron chi connectivity index (χ0n) is 11.5. The first-order chi connectivity index (χ1) is 9.14. The van der Waals surface area contributed by atoms with E-state index >= 15 is 0 Å². The van der Waals surface area contributed by atoms with Crippen LogP contribution in [-0.2, 0) is 9.53 Å². The van der Waals surface area contributed by atoms with E-state index < -0.39 is 12.1 Å². The maximum atomic E-state index is 11.6. The Kier molecular flexibility index (Phi) is 5.84. The highest BCUT2D eigenvalue weighted by molar-refractivity contribution is 5.74. The Labute approximate surface area is 111 Å². The summed E-state index contributed by atoms with van der Waals surface area (Å²) in [4.78, 5) is 19.6. The molecule has 1 atom stereocenters. The van der Waals surface area contributed by atoms with E-state index in [-0.39, 0.29) is 6.01 Å². The zero-order valence-corrected chi connectivity index (χ0v) is 11.5. The van der Waals surface area contributed by atoms with Gasteiger partial charge in [0.2, 0.25) is 11.8 Å². The summed E-state index contributed by atoms with van der Waals surface area (Å²) in [7, 11) is 2.93. The van der Waals surface area contributed by atoms with E-state index in [0.717, 1.165) is 0 Å². The van der Waals surface area contributed by atoms with Gasteiger partial charge in [0.25, 0.3) is 0 Å². The topological polar surface area (TPSA) is 79.8 Å². The SMILES string of the molecule is CCOC(=O)C(CC)Oc1nc(OC)cc(OC)n1. The van der Waals surface area contributed by atoms with Crippen LogP contribution in [0, 0.1) is 0 Å². The Morgan fingerprint density at radius 3 is 2.21 bits per heavy atom. The highest BCUT2D eigenvalue weighted by Gasteiger charge is 2.21. The van der Waals surface area contributed by atoms with Crippen molar-refractivity contribution in [3.63, 3.8) is 0 Å². The smallest absolute Gasteiger partial charge is 0.347 e. The number of rotatable bonds is 7. The number of aromatic nitrogens is 2. The van der Waals surface area contributed by atoms with Crippen LogP contribution in [-0.4, -0.2) is 42.9 Å². The Morgan fingerprint density at radius 2 is 1.79 bits per heavy atom. The summed E-state index contributed by atoms with van der Waals surface area (Å²) in [5.41, 5.74) is 0. The molecule has 1 unspecified atom stereocenters. The van der Waals surface area contributed by atoms with Gasteiger partial charge >= 0.3 is 12.0 Å². The van der Waals surface area contributed by atoms with E-state index in [2.05, 4.69) is 9.97 Å². The molecule has 0 fully saturated rings. The molecule has 0 N–H and O–H groups in total. The van der Waals surface area contributed by atoms with Crippen LogP contribution in [0.5, 0.6) is 17.8 Å². The van der Waals surface area contributed by atoms with Gasteiger partial charge in [0, 0.05) is 0 Å². The Morgan fingerprint density at radius 1 is 1.21 bits per heavy atom. The third kappa shape index (κ3) is 4.27. The van der Waals surface area contributed by atoms with E-state index in [4.69, 9.17) is 18.9 Å². The molecule has 106 valence electrons. The molecule has 0 aliphatic heterocycles. The molecule has 0 aliphatic rings. The standard InChI is InChI=1S/C12H18N2O5/c1-5-8(11(15)18-6-2)19-12-13-9(16-3)7-10(14-12)17-4/h7-8H,5-6H2,1-4H3. The number of carbonyl (C=O) groups is 1.